The van der Waals surface area contributed by atoms with Crippen LogP contribution in [0.1, 0.15) is 22.7 Å². The van der Waals surface area contributed by atoms with Gasteiger partial charge in [0.15, 0.2) is 11.5 Å². The van der Waals surface area contributed by atoms with Crippen molar-refractivity contribution < 1.29 is 29.3 Å². The standard InChI is InChI=1S/C27H24N2O6/c1-3-13-35-20-9-6-18(7-10-20)25(31)23-24(19-8-11-21(30)22(14-19)34-2)29(27(33)26(23)32)16-17-5-4-12-28-15-17/h3-12,14-15,24,30-31H,1,13,16H2,2H3/b25-23+. The molecule has 1 aliphatic heterocycles. The second-order valence-corrected chi connectivity index (χ2v) is 7.84. The van der Waals surface area contributed by atoms with E-state index >= 15 is 0 Å². The Hall–Kier alpha value is -4.59. The number of ketones is 1. The number of aliphatic hydroxyl groups is 1. The number of likely N-dealkylation sites (tertiary alicyclic amines) is 1. The third-order valence-corrected chi connectivity index (χ3v) is 5.63. The molecule has 1 saturated heterocycles. The maximum atomic E-state index is 13.2. The van der Waals surface area contributed by atoms with Crippen LogP contribution in [0, 0.1) is 0 Å². The first-order valence-corrected chi connectivity index (χ1v) is 10.8. The highest BCUT2D eigenvalue weighted by Crippen LogP contribution is 2.42. The monoisotopic (exact) mass is 472 g/mol. The van der Waals surface area contributed by atoms with Crippen molar-refractivity contribution in [3.8, 4) is 17.2 Å². The number of aliphatic hydroxyl groups excluding tert-OH is 1. The van der Waals surface area contributed by atoms with Gasteiger partial charge in [0.1, 0.15) is 18.1 Å². The average Bonchev–Trinajstić information content (AvgIpc) is 3.13. The van der Waals surface area contributed by atoms with E-state index in [9.17, 15) is 19.8 Å². The van der Waals surface area contributed by atoms with Crippen LogP contribution in [-0.2, 0) is 16.1 Å². The lowest BCUT2D eigenvalue weighted by atomic mass is 9.95. The lowest BCUT2D eigenvalue weighted by Crippen LogP contribution is -2.29. The lowest BCUT2D eigenvalue weighted by molar-refractivity contribution is -0.140. The quantitative estimate of drug-likeness (QED) is 0.221. The van der Waals surface area contributed by atoms with Gasteiger partial charge in [-0.25, -0.2) is 0 Å². The van der Waals surface area contributed by atoms with Crippen LogP contribution in [-0.4, -0.2) is 45.5 Å². The minimum atomic E-state index is -0.915. The second-order valence-electron chi connectivity index (χ2n) is 7.84. The molecule has 8 nitrogen and oxygen atoms in total. The van der Waals surface area contributed by atoms with Crippen LogP contribution in [0.25, 0.3) is 5.76 Å². The molecular weight excluding hydrogens is 448 g/mol. The van der Waals surface area contributed by atoms with Crippen molar-refractivity contribution in [2.45, 2.75) is 12.6 Å². The number of carbonyl (C=O) groups is 2. The number of hydrogen-bond donors (Lipinski definition) is 2. The van der Waals surface area contributed by atoms with Crippen molar-refractivity contribution in [1.29, 1.82) is 0 Å². The Labute approximate surface area is 202 Å². The van der Waals surface area contributed by atoms with Crippen LogP contribution in [0.2, 0.25) is 0 Å². The SMILES string of the molecule is C=CCOc1ccc(/C(O)=C2\C(=O)C(=O)N(Cc3cccnc3)C2c2ccc(O)c(OC)c2)cc1. The molecule has 1 atom stereocenters. The number of benzene rings is 2. The van der Waals surface area contributed by atoms with Gasteiger partial charge in [0, 0.05) is 24.5 Å². The molecular formula is C27H24N2O6. The molecule has 0 saturated carbocycles. The van der Waals surface area contributed by atoms with Gasteiger partial charge in [-0.3, -0.25) is 14.6 Å². The number of nitrogens with zero attached hydrogens (tertiary/aromatic N) is 2. The zero-order valence-electron chi connectivity index (χ0n) is 19.0. The average molecular weight is 472 g/mol. The van der Waals surface area contributed by atoms with Crippen LogP contribution >= 0.6 is 0 Å². The molecule has 2 aromatic carbocycles. The molecule has 0 radical (unpaired) electrons. The summed E-state index contributed by atoms with van der Waals surface area (Å²) >= 11 is 0. The van der Waals surface area contributed by atoms with Crippen molar-refractivity contribution in [1.82, 2.24) is 9.88 Å². The van der Waals surface area contributed by atoms with Gasteiger partial charge in [0.25, 0.3) is 11.7 Å². The van der Waals surface area contributed by atoms with Gasteiger partial charge in [0.2, 0.25) is 0 Å². The fourth-order valence-corrected chi connectivity index (χ4v) is 3.96. The van der Waals surface area contributed by atoms with Crippen LogP contribution in [0.5, 0.6) is 17.2 Å². The van der Waals surface area contributed by atoms with E-state index in [0.717, 1.165) is 0 Å². The Morgan fingerprint density at radius 1 is 1.17 bits per heavy atom. The Morgan fingerprint density at radius 2 is 1.94 bits per heavy atom. The number of rotatable bonds is 8. The minimum Gasteiger partial charge on any atom is -0.507 e. The maximum Gasteiger partial charge on any atom is 0.295 e. The number of phenolic OH excluding ortho intramolecular Hbond substituents is 1. The van der Waals surface area contributed by atoms with Gasteiger partial charge in [0.05, 0.1) is 18.7 Å². The molecule has 1 aromatic heterocycles. The molecule has 35 heavy (non-hydrogen) atoms. The van der Waals surface area contributed by atoms with E-state index in [1.165, 1.54) is 18.1 Å². The molecule has 2 N–H and O–H groups in total. The number of methoxy groups -OCH3 is 1. The number of hydrogen-bond acceptors (Lipinski definition) is 7. The molecule has 0 bridgehead atoms. The summed E-state index contributed by atoms with van der Waals surface area (Å²) in [6, 6.07) is 13.7. The molecule has 4 rings (SSSR count). The van der Waals surface area contributed by atoms with Crippen LogP contribution in [0.3, 0.4) is 0 Å². The normalized spacial score (nSPS) is 16.8. The molecule has 178 valence electrons. The highest BCUT2D eigenvalue weighted by atomic mass is 16.5. The maximum absolute atomic E-state index is 13.2. The third-order valence-electron chi connectivity index (χ3n) is 5.63. The van der Waals surface area contributed by atoms with Crippen LogP contribution in [0.15, 0.2) is 85.2 Å². The molecule has 0 spiro atoms. The van der Waals surface area contributed by atoms with Gasteiger partial charge in [-0.05, 0) is 53.6 Å². The summed E-state index contributed by atoms with van der Waals surface area (Å²) in [6.45, 7) is 4.03. The fraction of sp³-hybridized carbons (Fsp3) is 0.148. The van der Waals surface area contributed by atoms with Gasteiger partial charge < -0.3 is 24.6 Å². The summed E-state index contributed by atoms with van der Waals surface area (Å²) in [5, 5.41) is 21.3. The fourth-order valence-electron chi connectivity index (χ4n) is 3.96. The second kappa shape index (κ2) is 10.1. The van der Waals surface area contributed by atoms with Crippen LogP contribution < -0.4 is 9.47 Å². The summed E-state index contributed by atoms with van der Waals surface area (Å²) in [5.41, 5.74) is 1.50. The summed E-state index contributed by atoms with van der Waals surface area (Å²) in [6.07, 6.45) is 4.83. The van der Waals surface area contributed by atoms with Crippen molar-refractivity contribution in [3.63, 3.8) is 0 Å². The summed E-state index contributed by atoms with van der Waals surface area (Å²) in [4.78, 5) is 31.8. The number of pyridine rings is 1. The van der Waals surface area contributed by atoms with E-state index in [2.05, 4.69) is 11.6 Å². The van der Waals surface area contributed by atoms with E-state index < -0.39 is 17.7 Å². The number of aromatic nitrogens is 1. The van der Waals surface area contributed by atoms with Gasteiger partial charge in [-0.15, -0.1) is 0 Å². The third kappa shape index (κ3) is 4.72. The number of aromatic hydroxyl groups is 1. The summed E-state index contributed by atoms with van der Waals surface area (Å²) < 4.78 is 10.7. The Bertz CT molecular complexity index is 1280. The molecule has 1 amide bonds. The zero-order valence-corrected chi connectivity index (χ0v) is 19.0. The first-order chi connectivity index (χ1) is 16.9. The zero-order chi connectivity index (χ0) is 24.9. The largest absolute Gasteiger partial charge is 0.507 e. The van der Waals surface area contributed by atoms with Crippen molar-refractivity contribution in [2.24, 2.45) is 0 Å². The van der Waals surface area contributed by atoms with E-state index in [0.29, 0.717) is 29.0 Å². The summed E-state index contributed by atoms with van der Waals surface area (Å²) in [7, 11) is 1.40. The Kier molecular flexibility index (Phi) is 6.82. The molecule has 1 unspecified atom stereocenters. The van der Waals surface area contributed by atoms with Crippen molar-refractivity contribution in [2.75, 3.05) is 13.7 Å². The lowest BCUT2D eigenvalue weighted by Gasteiger charge is -2.25. The number of carbonyl (C=O) groups excluding carboxylic acids is 2. The smallest absolute Gasteiger partial charge is 0.295 e. The van der Waals surface area contributed by atoms with Gasteiger partial charge >= 0.3 is 0 Å². The number of phenols is 1. The van der Waals surface area contributed by atoms with Gasteiger partial charge in [-0.2, -0.15) is 0 Å². The van der Waals surface area contributed by atoms with Gasteiger partial charge in [-0.1, -0.05) is 24.8 Å². The van der Waals surface area contributed by atoms with Crippen molar-refractivity contribution >= 4 is 17.4 Å². The van der Waals surface area contributed by atoms with E-state index in [-0.39, 0.29) is 29.4 Å². The highest BCUT2D eigenvalue weighted by molar-refractivity contribution is 6.46. The Morgan fingerprint density at radius 3 is 2.60 bits per heavy atom. The van der Waals surface area contributed by atoms with E-state index in [4.69, 9.17) is 9.47 Å². The molecule has 8 heteroatoms. The number of amides is 1. The van der Waals surface area contributed by atoms with Crippen molar-refractivity contribution in [3.05, 3.63) is 102 Å². The molecule has 3 aromatic rings. The molecule has 2 heterocycles. The predicted octanol–water partition coefficient (Wildman–Crippen LogP) is 3.98. The molecule has 1 fully saturated rings. The molecule has 0 aliphatic carbocycles. The van der Waals surface area contributed by atoms with E-state index in [1.807, 2.05) is 0 Å². The first kappa shape index (κ1) is 23.6. The van der Waals surface area contributed by atoms with E-state index in [1.54, 1.807) is 67.0 Å². The number of ether oxygens (including phenoxy) is 2. The Balaban J connectivity index is 1.82. The summed E-state index contributed by atoms with van der Waals surface area (Å²) in [5.74, 6) is -1.22. The van der Waals surface area contributed by atoms with Crippen LogP contribution in [0.4, 0.5) is 0 Å². The minimum absolute atomic E-state index is 0.0635. The topological polar surface area (TPSA) is 109 Å². The molecule has 1 aliphatic rings. The highest BCUT2D eigenvalue weighted by Gasteiger charge is 2.46. The predicted molar refractivity (Wildman–Crippen MR) is 129 cm³/mol. The number of Topliss-reactive ketones (excluding diaryl/α,β-unsaturated/α-hetero) is 1. The first-order valence-electron chi connectivity index (χ1n) is 10.8.